The molecule has 0 bridgehead atoms. The Morgan fingerprint density at radius 3 is 2.83 bits per heavy atom. The number of para-hydroxylation sites is 1. The molecule has 150 valence electrons. The minimum atomic E-state index is -0.525. The highest BCUT2D eigenvalue weighted by molar-refractivity contribution is 8.15. The molecule has 7 heteroatoms. The molecule has 2 aromatic rings. The Morgan fingerprint density at radius 2 is 2.10 bits per heavy atom. The molecule has 0 aliphatic carbocycles. The molecule has 1 N–H and O–H groups in total. The molecule has 1 aliphatic heterocycles. The highest BCUT2D eigenvalue weighted by Crippen LogP contribution is 2.32. The van der Waals surface area contributed by atoms with Gasteiger partial charge in [0.15, 0.2) is 5.17 Å². The number of carbonyl (C=O) groups excluding carboxylic acids is 2. The fourth-order valence-electron chi connectivity index (χ4n) is 2.90. The van der Waals surface area contributed by atoms with Gasteiger partial charge in [-0.2, -0.15) is 0 Å². The number of hydrogen-bond donors (Lipinski definition) is 1. The standard InChI is InChI=1S/C22H23N3O3S/c1-4-12-25-21(27)19(29-22(25)24-18-11-6-5-8-15(18)2)14-20(26)23-16-9-7-10-17(13-16)28-3/h4-11,13,19H,1,12,14H2,2-3H3,(H,23,26)/t19-/m1/s1. The van der Waals surface area contributed by atoms with Gasteiger partial charge in [0.2, 0.25) is 11.8 Å². The van der Waals surface area contributed by atoms with Crippen molar-refractivity contribution in [2.45, 2.75) is 18.6 Å². The molecule has 2 aromatic carbocycles. The van der Waals surface area contributed by atoms with E-state index in [0.717, 1.165) is 11.3 Å². The summed E-state index contributed by atoms with van der Waals surface area (Å²) in [5, 5.41) is 2.88. The molecule has 0 radical (unpaired) electrons. The molecule has 6 nitrogen and oxygen atoms in total. The van der Waals surface area contributed by atoms with Crippen molar-refractivity contribution in [3.63, 3.8) is 0 Å². The maximum Gasteiger partial charge on any atom is 0.242 e. The molecule has 3 rings (SSSR count). The third kappa shape index (κ3) is 5.06. The fraction of sp³-hybridized carbons (Fsp3) is 0.227. The van der Waals surface area contributed by atoms with Crippen LogP contribution in [0.5, 0.6) is 5.75 Å². The van der Waals surface area contributed by atoms with E-state index >= 15 is 0 Å². The highest BCUT2D eigenvalue weighted by atomic mass is 32.2. The van der Waals surface area contributed by atoms with E-state index in [4.69, 9.17) is 4.74 Å². The van der Waals surface area contributed by atoms with E-state index in [0.29, 0.717) is 23.1 Å². The van der Waals surface area contributed by atoms with Crippen LogP contribution in [0.3, 0.4) is 0 Å². The Kier molecular flexibility index (Phi) is 6.72. The van der Waals surface area contributed by atoms with Crippen LogP contribution in [0, 0.1) is 6.92 Å². The number of amidine groups is 1. The number of methoxy groups -OCH3 is 1. The summed E-state index contributed by atoms with van der Waals surface area (Å²) < 4.78 is 5.17. The van der Waals surface area contributed by atoms with E-state index in [1.165, 1.54) is 11.8 Å². The highest BCUT2D eigenvalue weighted by Gasteiger charge is 2.38. The molecule has 1 fully saturated rings. The zero-order valence-electron chi connectivity index (χ0n) is 16.4. The van der Waals surface area contributed by atoms with E-state index in [9.17, 15) is 9.59 Å². The third-order valence-electron chi connectivity index (χ3n) is 4.39. The second-order valence-electron chi connectivity index (χ2n) is 6.51. The van der Waals surface area contributed by atoms with Crippen LogP contribution in [-0.4, -0.2) is 40.8 Å². The summed E-state index contributed by atoms with van der Waals surface area (Å²) in [6, 6.07) is 14.8. The first-order chi connectivity index (χ1) is 14.0. The van der Waals surface area contributed by atoms with Crippen LogP contribution in [0.1, 0.15) is 12.0 Å². The van der Waals surface area contributed by atoms with Crippen LogP contribution >= 0.6 is 11.8 Å². The first-order valence-electron chi connectivity index (χ1n) is 9.19. The van der Waals surface area contributed by atoms with E-state index in [2.05, 4.69) is 16.9 Å². The van der Waals surface area contributed by atoms with Crippen LogP contribution in [0.25, 0.3) is 0 Å². The smallest absolute Gasteiger partial charge is 0.242 e. The minimum Gasteiger partial charge on any atom is -0.497 e. The number of amides is 2. The molecule has 1 aliphatic rings. The number of nitrogens with one attached hydrogen (secondary N) is 1. The van der Waals surface area contributed by atoms with Crippen molar-refractivity contribution in [3.05, 3.63) is 66.7 Å². The van der Waals surface area contributed by atoms with Crippen LogP contribution in [-0.2, 0) is 9.59 Å². The van der Waals surface area contributed by atoms with Gasteiger partial charge in [-0.05, 0) is 30.7 Å². The van der Waals surface area contributed by atoms with Crippen molar-refractivity contribution in [2.75, 3.05) is 19.0 Å². The summed E-state index contributed by atoms with van der Waals surface area (Å²) in [4.78, 5) is 31.6. The van der Waals surface area contributed by atoms with Gasteiger partial charge < -0.3 is 10.1 Å². The molecular formula is C22H23N3O3S. The first-order valence-corrected chi connectivity index (χ1v) is 10.1. The van der Waals surface area contributed by atoms with Gasteiger partial charge >= 0.3 is 0 Å². The van der Waals surface area contributed by atoms with Crippen LogP contribution in [0.4, 0.5) is 11.4 Å². The van der Waals surface area contributed by atoms with Crippen molar-refractivity contribution in [3.8, 4) is 5.75 Å². The SMILES string of the molecule is C=CCN1C(=O)[C@@H](CC(=O)Nc2cccc(OC)c2)SC1=Nc1ccccc1C. The minimum absolute atomic E-state index is 0.0567. The Hall–Kier alpha value is -3.06. The van der Waals surface area contributed by atoms with Gasteiger partial charge in [-0.1, -0.05) is 42.1 Å². The van der Waals surface area contributed by atoms with Crippen molar-refractivity contribution >= 4 is 40.1 Å². The number of nitrogens with zero attached hydrogens (tertiary/aromatic N) is 2. The Morgan fingerprint density at radius 1 is 1.31 bits per heavy atom. The summed E-state index contributed by atoms with van der Waals surface area (Å²) in [5.41, 5.74) is 2.45. The predicted molar refractivity (Wildman–Crippen MR) is 118 cm³/mol. The van der Waals surface area contributed by atoms with Crippen LogP contribution in [0.15, 0.2) is 66.2 Å². The van der Waals surface area contributed by atoms with Crippen molar-refractivity contribution in [1.29, 1.82) is 0 Å². The zero-order chi connectivity index (χ0) is 20.8. The summed E-state index contributed by atoms with van der Waals surface area (Å²) in [6.45, 7) is 6.05. The Labute approximate surface area is 174 Å². The normalized spacial score (nSPS) is 17.4. The van der Waals surface area contributed by atoms with E-state index in [-0.39, 0.29) is 18.2 Å². The van der Waals surface area contributed by atoms with E-state index in [1.807, 2.05) is 31.2 Å². The average molecular weight is 410 g/mol. The summed E-state index contributed by atoms with van der Waals surface area (Å²) in [7, 11) is 1.57. The van der Waals surface area contributed by atoms with E-state index in [1.54, 1.807) is 42.4 Å². The quantitative estimate of drug-likeness (QED) is 0.698. The van der Waals surface area contributed by atoms with Gasteiger partial charge in [-0.15, -0.1) is 6.58 Å². The number of rotatable bonds is 7. The average Bonchev–Trinajstić information content (AvgIpc) is 2.99. The number of hydrogen-bond acceptors (Lipinski definition) is 5. The molecule has 1 saturated heterocycles. The molecule has 1 heterocycles. The predicted octanol–water partition coefficient (Wildman–Crippen LogP) is 4.15. The zero-order valence-corrected chi connectivity index (χ0v) is 17.2. The van der Waals surface area contributed by atoms with Gasteiger partial charge in [0.05, 0.1) is 12.8 Å². The van der Waals surface area contributed by atoms with Crippen molar-refractivity contribution < 1.29 is 14.3 Å². The maximum atomic E-state index is 12.8. The van der Waals surface area contributed by atoms with Crippen LogP contribution in [0.2, 0.25) is 0 Å². The van der Waals surface area contributed by atoms with Gasteiger partial charge in [0, 0.05) is 24.7 Å². The topological polar surface area (TPSA) is 71.0 Å². The molecular weight excluding hydrogens is 386 g/mol. The lowest BCUT2D eigenvalue weighted by Gasteiger charge is -2.14. The molecule has 0 spiro atoms. The number of aryl methyl sites for hydroxylation is 1. The largest absolute Gasteiger partial charge is 0.497 e. The number of benzene rings is 2. The molecule has 0 unspecified atom stereocenters. The fourth-order valence-corrected chi connectivity index (χ4v) is 4.06. The molecule has 2 amide bonds. The molecule has 1 atom stereocenters. The van der Waals surface area contributed by atoms with Crippen LogP contribution < -0.4 is 10.1 Å². The van der Waals surface area contributed by atoms with Crippen molar-refractivity contribution in [2.24, 2.45) is 4.99 Å². The number of carbonyl (C=O) groups is 2. The lowest BCUT2D eigenvalue weighted by molar-refractivity contribution is -0.127. The maximum absolute atomic E-state index is 12.8. The summed E-state index contributed by atoms with van der Waals surface area (Å²) in [5.74, 6) is 0.279. The number of anilines is 1. The molecule has 0 aromatic heterocycles. The monoisotopic (exact) mass is 409 g/mol. The summed E-state index contributed by atoms with van der Waals surface area (Å²) >= 11 is 1.31. The van der Waals surface area contributed by atoms with Gasteiger partial charge in [-0.3, -0.25) is 14.5 Å². The lowest BCUT2D eigenvalue weighted by Crippen LogP contribution is -2.33. The molecule has 29 heavy (non-hydrogen) atoms. The third-order valence-corrected chi connectivity index (χ3v) is 5.56. The lowest BCUT2D eigenvalue weighted by atomic mass is 10.2. The molecule has 0 saturated carbocycles. The summed E-state index contributed by atoms with van der Waals surface area (Å²) in [6.07, 6.45) is 1.71. The number of thioether (sulfide) groups is 1. The Balaban J connectivity index is 1.74. The number of aliphatic imine (C=N–C) groups is 1. The second kappa shape index (κ2) is 9.43. The van der Waals surface area contributed by atoms with Gasteiger partial charge in [0.25, 0.3) is 0 Å². The van der Waals surface area contributed by atoms with Crippen molar-refractivity contribution in [1.82, 2.24) is 4.90 Å². The second-order valence-corrected chi connectivity index (χ2v) is 7.68. The van der Waals surface area contributed by atoms with E-state index < -0.39 is 5.25 Å². The van der Waals surface area contributed by atoms with Gasteiger partial charge in [-0.25, -0.2) is 4.99 Å². The Bertz CT molecular complexity index is 958. The number of ether oxygens (including phenoxy) is 1. The van der Waals surface area contributed by atoms with Gasteiger partial charge in [0.1, 0.15) is 11.0 Å². The first kappa shape index (κ1) is 20.7.